The van der Waals surface area contributed by atoms with Gasteiger partial charge in [0.05, 0.1) is 20.1 Å². The van der Waals surface area contributed by atoms with Crippen molar-refractivity contribution in [3.05, 3.63) is 29.8 Å². The van der Waals surface area contributed by atoms with Crippen molar-refractivity contribution in [3.8, 4) is 0 Å². The summed E-state index contributed by atoms with van der Waals surface area (Å²) in [5.74, 6) is 0. The topological polar surface area (TPSA) is 0 Å². The first-order valence-corrected chi connectivity index (χ1v) is 4.54. The number of para-hydroxylation sites is 1. The van der Waals surface area contributed by atoms with Crippen molar-refractivity contribution in [1.82, 2.24) is 4.48 Å². The van der Waals surface area contributed by atoms with Crippen LogP contribution in [0.25, 0.3) is 0 Å². The number of rotatable bonds is 0. The second kappa shape index (κ2) is 2.33. The summed E-state index contributed by atoms with van der Waals surface area (Å²) in [6.45, 7) is 2.32. The van der Waals surface area contributed by atoms with Crippen LogP contribution in [0.4, 0.5) is 5.69 Å². The number of hydrogen-bond donors (Lipinski definition) is 0. The van der Waals surface area contributed by atoms with Gasteiger partial charge in [-0.2, -0.15) is 0 Å². The van der Waals surface area contributed by atoms with Gasteiger partial charge in [-0.15, -0.1) is 0 Å². The summed E-state index contributed by atoms with van der Waals surface area (Å²) >= 11 is 0. The van der Waals surface area contributed by atoms with Crippen LogP contribution in [0.5, 0.6) is 0 Å². The predicted octanol–water partition coefficient (Wildman–Crippen LogP) is 2.20. The van der Waals surface area contributed by atoms with Gasteiger partial charge >= 0.3 is 0 Å². The summed E-state index contributed by atoms with van der Waals surface area (Å²) in [7, 11) is 4.58. The van der Waals surface area contributed by atoms with Gasteiger partial charge < -0.3 is 0 Å². The summed E-state index contributed by atoms with van der Waals surface area (Å²) in [5, 5.41) is 0. The third-order valence-corrected chi connectivity index (χ3v) is 3.23. The van der Waals surface area contributed by atoms with Gasteiger partial charge in [0.15, 0.2) is 0 Å². The van der Waals surface area contributed by atoms with Crippen LogP contribution in [0, 0.1) is 0 Å². The lowest BCUT2D eigenvalue weighted by Gasteiger charge is -2.29. The molecule has 1 heteroatoms. The third kappa shape index (κ3) is 0.896. The Morgan fingerprint density at radius 3 is 2.58 bits per heavy atom. The molecule has 1 aromatic rings. The second-order valence-corrected chi connectivity index (χ2v) is 4.22. The fourth-order valence-corrected chi connectivity index (χ4v) is 2.03. The van der Waals surface area contributed by atoms with Crippen molar-refractivity contribution in [2.45, 2.75) is 19.4 Å². The number of benzene rings is 1. The van der Waals surface area contributed by atoms with Crippen LogP contribution in [0.3, 0.4) is 0 Å². The van der Waals surface area contributed by atoms with Crippen LogP contribution < -0.4 is 4.48 Å². The first kappa shape index (κ1) is 7.81. The molecule has 1 heterocycles. The Morgan fingerprint density at radius 2 is 1.92 bits per heavy atom. The van der Waals surface area contributed by atoms with Gasteiger partial charge in [-0.05, 0) is 13.0 Å². The molecule has 0 unspecified atom stereocenters. The lowest BCUT2D eigenvalue weighted by Crippen LogP contribution is -2.45. The molecule has 0 bridgehead atoms. The molecule has 0 amide bonds. The number of quaternary nitrogens is 1. The van der Waals surface area contributed by atoms with E-state index < -0.39 is 0 Å². The minimum Gasteiger partial charge on any atom is -0.293 e. The van der Waals surface area contributed by atoms with Crippen LogP contribution in [0.15, 0.2) is 24.3 Å². The molecule has 0 aliphatic carbocycles. The molecule has 64 valence electrons. The summed E-state index contributed by atoms with van der Waals surface area (Å²) < 4.78 is 1.04. The van der Waals surface area contributed by atoms with Gasteiger partial charge in [0.1, 0.15) is 5.69 Å². The van der Waals surface area contributed by atoms with Crippen LogP contribution in [0.1, 0.15) is 12.5 Å². The van der Waals surface area contributed by atoms with Gasteiger partial charge in [0.25, 0.3) is 0 Å². The van der Waals surface area contributed by atoms with Crippen LogP contribution >= 0.6 is 0 Å². The minimum atomic E-state index is 0.724. The first-order valence-electron chi connectivity index (χ1n) is 4.54. The van der Waals surface area contributed by atoms with E-state index in [-0.39, 0.29) is 0 Å². The standard InChI is InChI=1S/C11H16N/c1-9-8-10-6-4-5-7-11(10)12(9,2)3/h4-7,9H,8H2,1-3H3/q+1/t9-/m0/s1. The highest BCUT2D eigenvalue weighted by molar-refractivity contribution is 5.54. The van der Waals surface area contributed by atoms with Crippen LogP contribution in [-0.4, -0.2) is 20.1 Å². The van der Waals surface area contributed by atoms with E-state index >= 15 is 0 Å². The largest absolute Gasteiger partial charge is 0.293 e. The van der Waals surface area contributed by atoms with E-state index in [9.17, 15) is 0 Å². The molecule has 0 N–H and O–H groups in total. The molecule has 0 saturated heterocycles. The lowest BCUT2D eigenvalue weighted by molar-refractivity contribution is 0.337. The van der Waals surface area contributed by atoms with Crippen molar-refractivity contribution in [2.24, 2.45) is 0 Å². The van der Waals surface area contributed by atoms with Gasteiger partial charge in [0, 0.05) is 12.0 Å². The Balaban J connectivity index is 2.55. The summed E-state index contributed by atoms with van der Waals surface area (Å²) in [4.78, 5) is 0. The van der Waals surface area contributed by atoms with Gasteiger partial charge in [-0.1, -0.05) is 18.2 Å². The Bertz CT molecular complexity index is 302. The highest BCUT2D eigenvalue weighted by Crippen LogP contribution is 2.35. The molecule has 2 rings (SSSR count). The molecule has 1 aliphatic heterocycles. The molecule has 1 aromatic carbocycles. The van der Waals surface area contributed by atoms with Crippen LogP contribution in [-0.2, 0) is 6.42 Å². The Hall–Kier alpha value is -0.820. The monoisotopic (exact) mass is 162 g/mol. The molecule has 1 aliphatic rings. The lowest BCUT2D eigenvalue weighted by atomic mass is 10.1. The quantitative estimate of drug-likeness (QED) is 0.513. The van der Waals surface area contributed by atoms with Crippen molar-refractivity contribution in [1.29, 1.82) is 0 Å². The highest BCUT2D eigenvalue weighted by Gasteiger charge is 2.36. The van der Waals surface area contributed by atoms with E-state index in [0.29, 0.717) is 0 Å². The summed E-state index contributed by atoms with van der Waals surface area (Å²) in [6.07, 6.45) is 1.23. The first-order chi connectivity index (χ1) is 5.62. The second-order valence-electron chi connectivity index (χ2n) is 4.22. The van der Waals surface area contributed by atoms with E-state index in [1.165, 1.54) is 17.7 Å². The fraction of sp³-hybridized carbons (Fsp3) is 0.455. The van der Waals surface area contributed by atoms with Crippen molar-refractivity contribution in [2.75, 3.05) is 14.1 Å². The maximum absolute atomic E-state index is 2.32. The van der Waals surface area contributed by atoms with E-state index in [0.717, 1.165) is 10.5 Å². The molecular formula is C11H16N+. The predicted molar refractivity (Wildman–Crippen MR) is 53.3 cm³/mol. The zero-order chi connectivity index (χ0) is 8.77. The number of likely N-dealkylation sites (N-methyl/N-ethyl adjacent to an activating group) is 1. The molecule has 0 fully saturated rings. The number of fused-ring (bicyclic) bond motifs is 1. The molecule has 0 saturated carbocycles. The molecule has 1 atom stereocenters. The Kier molecular flexibility index (Phi) is 1.52. The third-order valence-electron chi connectivity index (χ3n) is 3.23. The van der Waals surface area contributed by atoms with Gasteiger partial charge in [-0.25, -0.2) is 0 Å². The zero-order valence-electron chi connectivity index (χ0n) is 8.04. The molecule has 0 spiro atoms. The Morgan fingerprint density at radius 1 is 1.25 bits per heavy atom. The molecule has 0 radical (unpaired) electrons. The number of hydrogen-bond acceptors (Lipinski definition) is 0. The molecular weight excluding hydrogens is 146 g/mol. The maximum Gasteiger partial charge on any atom is 0.136 e. The molecule has 0 aromatic heterocycles. The van der Waals surface area contributed by atoms with E-state index in [4.69, 9.17) is 0 Å². The van der Waals surface area contributed by atoms with Crippen molar-refractivity contribution >= 4 is 5.69 Å². The average Bonchev–Trinajstić information content (AvgIpc) is 2.25. The summed E-state index contributed by atoms with van der Waals surface area (Å²) in [6, 6.07) is 9.49. The fourth-order valence-electron chi connectivity index (χ4n) is 2.03. The SMILES string of the molecule is C[C@H]1Cc2ccccc2[N+]1(C)C. The average molecular weight is 162 g/mol. The van der Waals surface area contributed by atoms with E-state index in [1.807, 2.05) is 0 Å². The minimum absolute atomic E-state index is 0.724. The van der Waals surface area contributed by atoms with Gasteiger partial charge in [0.2, 0.25) is 0 Å². The Labute approximate surface area is 74.2 Å². The smallest absolute Gasteiger partial charge is 0.136 e. The highest BCUT2D eigenvalue weighted by atomic mass is 15.3. The molecule has 1 nitrogen and oxygen atoms in total. The number of nitrogens with zero attached hydrogens (tertiary/aromatic N) is 1. The van der Waals surface area contributed by atoms with Crippen molar-refractivity contribution in [3.63, 3.8) is 0 Å². The molecule has 12 heavy (non-hydrogen) atoms. The maximum atomic E-state index is 2.32. The zero-order valence-corrected chi connectivity index (χ0v) is 8.04. The van der Waals surface area contributed by atoms with Gasteiger partial charge in [-0.3, -0.25) is 4.48 Å². The van der Waals surface area contributed by atoms with Crippen LogP contribution in [0.2, 0.25) is 0 Å². The summed E-state index contributed by atoms with van der Waals surface area (Å²) in [5.41, 5.74) is 3.01. The van der Waals surface area contributed by atoms with E-state index in [2.05, 4.69) is 45.3 Å². The van der Waals surface area contributed by atoms with E-state index in [1.54, 1.807) is 0 Å². The normalized spacial score (nSPS) is 25.4. The van der Waals surface area contributed by atoms with Crippen molar-refractivity contribution < 1.29 is 0 Å².